The Hall–Kier alpha value is 0.210. The second kappa shape index (κ2) is 3.28. The summed E-state index contributed by atoms with van der Waals surface area (Å²) in [5, 5.41) is 0. The Morgan fingerprint density at radius 2 is 2.12 bits per heavy atom. The first kappa shape index (κ1) is 8.21. The minimum absolute atomic E-state index is 0.115. The van der Waals surface area contributed by atoms with Crippen LogP contribution in [0.5, 0.6) is 0 Å². The van der Waals surface area contributed by atoms with Crippen LogP contribution in [0.25, 0.3) is 0 Å². The van der Waals surface area contributed by atoms with E-state index in [9.17, 15) is 8.78 Å². The van der Waals surface area contributed by atoms with Crippen molar-refractivity contribution in [2.24, 2.45) is 0 Å². The molecular formula is C3H7F2O2P. The van der Waals surface area contributed by atoms with E-state index in [1.54, 1.807) is 6.92 Å². The summed E-state index contributed by atoms with van der Waals surface area (Å²) in [6.07, 6.45) is 0. The van der Waals surface area contributed by atoms with E-state index in [1.807, 2.05) is 0 Å². The molecule has 0 bridgehead atoms. The van der Waals surface area contributed by atoms with E-state index in [2.05, 4.69) is 9.78 Å². The highest BCUT2D eigenvalue weighted by atomic mass is 31.0. The van der Waals surface area contributed by atoms with Crippen molar-refractivity contribution in [3.8, 4) is 0 Å². The molecule has 0 saturated carbocycles. The minimum Gasteiger partial charge on any atom is -0.231 e. The molecule has 0 N–H and O–H groups in total. The molecule has 0 spiro atoms. The number of alkyl halides is 2. The van der Waals surface area contributed by atoms with Crippen LogP contribution in [0.2, 0.25) is 0 Å². The van der Waals surface area contributed by atoms with Crippen LogP contribution in [0.1, 0.15) is 6.92 Å². The van der Waals surface area contributed by atoms with E-state index >= 15 is 0 Å². The van der Waals surface area contributed by atoms with Crippen molar-refractivity contribution in [2.75, 3.05) is 6.61 Å². The van der Waals surface area contributed by atoms with E-state index in [4.69, 9.17) is 0 Å². The Bertz CT molecular complexity index is 62.8. The fraction of sp³-hybridized carbons (Fsp3) is 1.00. The van der Waals surface area contributed by atoms with Gasteiger partial charge in [-0.2, -0.15) is 13.7 Å². The molecule has 0 fully saturated rings. The van der Waals surface area contributed by atoms with Crippen LogP contribution in [-0.2, 0) is 9.78 Å². The highest BCUT2D eigenvalue weighted by Gasteiger charge is 2.22. The maximum absolute atomic E-state index is 11.5. The molecule has 0 aliphatic carbocycles. The van der Waals surface area contributed by atoms with Crippen LogP contribution in [0.3, 0.4) is 0 Å². The normalized spacial score (nSPS) is 12.0. The molecular weight excluding hydrogens is 137 g/mol. The first-order valence-corrected chi connectivity index (χ1v) is 2.61. The van der Waals surface area contributed by atoms with Gasteiger partial charge in [-0.15, -0.1) is 0 Å². The Kier molecular flexibility index (Phi) is 3.36. The summed E-state index contributed by atoms with van der Waals surface area (Å²) in [5.74, 6) is -3.25. The average Bonchev–Trinajstić information content (AvgIpc) is 1.59. The Morgan fingerprint density at radius 3 is 2.25 bits per heavy atom. The molecule has 0 amide bonds. The van der Waals surface area contributed by atoms with E-state index in [0.29, 0.717) is 0 Å². The zero-order valence-electron chi connectivity index (χ0n) is 4.36. The van der Waals surface area contributed by atoms with Crippen molar-refractivity contribution in [3.05, 3.63) is 0 Å². The van der Waals surface area contributed by atoms with Crippen molar-refractivity contribution in [3.63, 3.8) is 0 Å². The second-order valence-corrected chi connectivity index (χ2v) is 1.72. The van der Waals surface area contributed by atoms with E-state index in [-0.39, 0.29) is 6.61 Å². The van der Waals surface area contributed by atoms with Crippen molar-refractivity contribution in [2.45, 2.75) is 12.8 Å². The predicted octanol–water partition coefficient (Wildman–Crippen LogP) is 1.38. The molecule has 5 heteroatoms. The standard InChI is InChI=1S/C3H7F2O2P/c1-2-6-7-3(4,5)8/h2,8H2,1H3. The van der Waals surface area contributed by atoms with Gasteiger partial charge in [0.05, 0.1) is 6.61 Å². The average molecular weight is 144 g/mol. The first-order valence-electron chi connectivity index (χ1n) is 2.03. The SMILES string of the molecule is CCOOC(F)(F)P. The zero-order chi connectivity index (χ0) is 6.62. The molecule has 0 aliphatic heterocycles. The minimum atomic E-state index is -3.25. The molecule has 0 radical (unpaired) electrons. The summed E-state index contributed by atoms with van der Waals surface area (Å²) < 4.78 is 23.1. The van der Waals surface area contributed by atoms with Gasteiger partial charge < -0.3 is 0 Å². The third kappa shape index (κ3) is 6.21. The fourth-order valence-corrected chi connectivity index (χ4v) is 0.206. The highest BCUT2D eigenvalue weighted by Crippen LogP contribution is 2.22. The van der Waals surface area contributed by atoms with E-state index in [0.717, 1.165) is 0 Å². The van der Waals surface area contributed by atoms with Crippen molar-refractivity contribution >= 4 is 9.24 Å². The lowest BCUT2D eigenvalue weighted by atomic mass is 10.9. The molecule has 2 nitrogen and oxygen atoms in total. The molecule has 8 heavy (non-hydrogen) atoms. The topological polar surface area (TPSA) is 18.5 Å². The summed E-state index contributed by atoms with van der Waals surface area (Å²) in [6.45, 7) is 1.67. The Morgan fingerprint density at radius 1 is 1.62 bits per heavy atom. The van der Waals surface area contributed by atoms with Gasteiger partial charge in [0.1, 0.15) is 0 Å². The van der Waals surface area contributed by atoms with Gasteiger partial charge in [-0.3, -0.25) is 0 Å². The van der Waals surface area contributed by atoms with Crippen molar-refractivity contribution in [1.82, 2.24) is 0 Å². The lowest BCUT2D eigenvalue weighted by Gasteiger charge is -2.07. The highest BCUT2D eigenvalue weighted by molar-refractivity contribution is 7.17. The van der Waals surface area contributed by atoms with Crippen LogP contribution in [-0.4, -0.2) is 12.5 Å². The van der Waals surface area contributed by atoms with Gasteiger partial charge >= 0.3 is 5.85 Å². The molecule has 0 saturated heterocycles. The summed E-state index contributed by atoms with van der Waals surface area (Å²) in [4.78, 5) is 7.44. The quantitative estimate of drug-likeness (QED) is 0.338. The Balaban J connectivity index is 3.11. The smallest absolute Gasteiger partial charge is 0.231 e. The molecule has 0 aromatic heterocycles. The van der Waals surface area contributed by atoms with Gasteiger partial charge in [-0.1, -0.05) is 0 Å². The summed E-state index contributed by atoms with van der Waals surface area (Å²) in [6, 6.07) is 0. The van der Waals surface area contributed by atoms with Crippen molar-refractivity contribution in [1.29, 1.82) is 0 Å². The number of hydrogen-bond acceptors (Lipinski definition) is 2. The van der Waals surface area contributed by atoms with Gasteiger partial charge in [-0.05, 0) is 16.2 Å². The number of hydrogen-bond donors (Lipinski definition) is 0. The van der Waals surface area contributed by atoms with Gasteiger partial charge in [0.25, 0.3) is 0 Å². The number of rotatable bonds is 3. The van der Waals surface area contributed by atoms with E-state index < -0.39 is 5.85 Å². The molecule has 0 aromatic carbocycles. The fourth-order valence-electron chi connectivity index (χ4n) is 0.137. The van der Waals surface area contributed by atoms with Crippen LogP contribution >= 0.6 is 9.24 Å². The number of halogens is 2. The molecule has 0 rings (SSSR count). The maximum atomic E-state index is 11.5. The Labute approximate surface area is 48.3 Å². The molecule has 0 aromatic rings. The van der Waals surface area contributed by atoms with Crippen LogP contribution in [0.15, 0.2) is 0 Å². The van der Waals surface area contributed by atoms with Crippen molar-refractivity contribution < 1.29 is 18.6 Å². The third-order valence-corrected chi connectivity index (χ3v) is 0.384. The van der Waals surface area contributed by atoms with Gasteiger partial charge in [0.15, 0.2) is 0 Å². The van der Waals surface area contributed by atoms with Gasteiger partial charge in [0.2, 0.25) is 0 Å². The molecule has 0 heterocycles. The van der Waals surface area contributed by atoms with Crippen LogP contribution in [0.4, 0.5) is 8.78 Å². The first-order chi connectivity index (χ1) is 3.56. The van der Waals surface area contributed by atoms with Gasteiger partial charge in [0, 0.05) is 0 Å². The molecule has 1 unspecified atom stereocenters. The molecule has 50 valence electrons. The summed E-state index contributed by atoms with van der Waals surface area (Å²) >= 11 is 0. The lowest BCUT2D eigenvalue weighted by Crippen LogP contribution is -2.10. The van der Waals surface area contributed by atoms with Crippen LogP contribution in [0, 0.1) is 0 Å². The maximum Gasteiger partial charge on any atom is 0.391 e. The third-order valence-electron chi connectivity index (χ3n) is 0.288. The summed E-state index contributed by atoms with van der Waals surface area (Å²) in [7, 11) is 1.18. The second-order valence-electron chi connectivity index (χ2n) is 1.05. The lowest BCUT2D eigenvalue weighted by molar-refractivity contribution is -0.399. The molecule has 0 aliphatic rings. The van der Waals surface area contributed by atoms with Gasteiger partial charge in [-0.25, -0.2) is 4.89 Å². The molecule has 1 atom stereocenters. The van der Waals surface area contributed by atoms with E-state index in [1.165, 1.54) is 9.24 Å². The summed E-state index contributed by atoms with van der Waals surface area (Å²) in [5.41, 5.74) is 0. The van der Waals surface area contributed by atoms with Crippen LogP contribution < -0.4 is 0 Å². The monoisotopic (exact) mass is 144 g/mol. The zero-order valence-corrected chi connectivity index (χ0v) is 5.51. The predicted molar refractivity (Wildman–Crippen MR) is 27.4 cm³/mol. The largest absolute Gasteiger partial charge is 0.391 e.